The second kappa shape index (κ2) is 6.19. The Bertz CT molecular complexity index is 405. The van der Waals surface area contributed by atoms with Crippen LogP contribution in [0.25, 0.3) is 0 Å². The first-order valence-corrected chi connectivity index (χ1v) is 6.65. The maximum absolute atomic E-state index is 12.0. The summed E-state index contributed by atoms with van der Waals surface area (Å²) in [7, 11) is 0. The first kappa shape index (κ1) is 13.4. The number of furan rings is 1. The van der Waals surface area contributed by atoms with Crippen LogP contribution < -0.4 is 0 Å². The van der Waals surface area contributed by atoms with Gasteiger partial charge in [-0.3, -0.25) is 9.63 Å². The second-order valence-electron chi connectivity index (χ2n) is 3.79. The van der Waals surface area contributed by atoms with Crippen molar-refractivity contribution in [1.29, 1.82) is 0 Å². The van der Waals surface area contributed by atoms with Crippen molar-refractivity contribution in [2.24, 2.45) is 0 Å². The van der Waals surface area contributed by atoms with Crippen molar-refractivity contribution in [3.8, 4) is 0 Å². The molecular weight excluding hydrogens is 264 g/mol. The fourth-order valence-electron chi connectivity index (χ4n) is 1.60. The molecule has 0 aliphatic carbocycles. The summed E-state index contributed by atoms with van der Waals surface area (Å²) in [6.45, 7) is 1.04. The van der Waals surface area contributed by atoms with Gasteiger partial charge in [0.15, 0.2) is 5.76 Å². The Morgan fingerprint density at radius 1 is 1.44 bits per heavy atom. The van der Waals surface area contributed by atoms with Crippen molar-refractivity contribution in [2.75, 3.05) is 13.2 Å². The Kier molecular flexibility index (Phi) is 4.60. The van der Waals surface area contributed by atoms with E-state index in [1.54, 1.807) is 0 Å². The fourth-order valence-corrected chi connectivity index (χ4v) is 2.04. The van der Waals surface area contributed by atoms with E-state index in [1.807, 2.05) is 0 Å². The first-order valence-electron chi connectivity index (χ1n) is 5.60. The third-order valence-electron chi connectivity index (χ3n) is 2.45. The van der Waals surface area contributed by atoms with E-state index in [9.17, 15) is 13.6 Å². The van der Waals surface area contributed by atoms with Crippen LogP contribution in [0.1, 0.15) is 29.2 Å². The summed E-state index contributed by atoms with van der Waals surface area (Å²) in [6, 6.07) is 3.02. The lowest BCUT2D eigenvalue weighted by Gasteiger charge is -2.24. The number of carbonyl (C=O) groups is 1. The van der Waals surface area contributed by atoms with Crippen LogP contribution in [0.2, 0.25) is 0 Å². The molecule has 4 nitrogen and oxygen atoms in total. The number of rotatable bonds is 4. The van der Waals surface area contributed by atoms with E-state index in [0.29, 0.717) is 30.7 Å². The van der Waals surface area contributed by atoms with Crippen LogP contribution >= 0.6 is 11.8 Å². The molecule has 1 aliphatic heterocycles. The Balaban J connectivity index is 1.94. The lowest BCUT2D eigenvalue weighted by atomic mass is 10.3. The molecule has 2 rings (SSSR count). The van der Waals surface area contributed by atoms with E-state index in [4.69, 9.17) is 9.25 Å². The van der Waals surface area contributed by atoms with Crippen LogP contribution in [-0.4, -0.2) is 29.9 Å². The molecule has 0 unspecified atom stereocenters. The highest BCUT2D eigenvalue weighted by Gasteiger charge is 2.22. The van der Waals surface area contributed by atoms with Gasteiger partial charge in [0.25, 0.3) is 5.76 Å². The van der Waals surface area contributed by atoms with Gasteiger partial charge in [-0.05, 0) is 25.0 Å². The minimum atomic E-state index is -2.44. The molecule has 0 aromatic carbocycles. The second-order valence-corrected chi connectivity index (χ2v) is 4.76. The predicted molar refractivity (Wildman–Crippen MR) is 62.2 cm³/mol. The van der Waals surface area contributed by atoms with Gasteiger partial charge in [0, 0.05) is 6.54 Å². The monoisotopic (exact) mass is 277 g/mol. The van der Waals surface area contributed by atoms with E-state index >= 15 is 0 Å². The molecule has 0 N–H and O–H groups in total. The highest BCUT2D eigenvalue weighted by atomic mass is 32.2. The van der Waals surface area contributed by atoms with Crippen molar-refractivity contribution in [3.63, 3.8) is 0 Å². The molecular formula is C11H13F2NO3S. The number of hydrogen-bond donors (Lipinski definition) is 0. The quantitative estimate of drug-likeness (QED) is 0.848. The van der Waals surface area contributed by atoms with Gasteiger partial charge in [0.2, 0.25) is 0 Å². The Labute approximate surface area is 107 Å². The maximum Gasteiger partial charge on any atom is 0.313 e. The molecule has 100 valence electrons. The number of carbonyl (C=O) groups excluding carboxylic acids is 1. The topological polar surface area (TPSA) is 42.7 Å². The summed E-state index contributed by atoms with van der Waals surface area (Å²) in [4.78, 5) is 17.1. The van der Waals surface area contributed by atoms with Gasteiger partial charge in [-0.15, -0.1) is 0 Å². The molecule has 18 heavy (non-hydrogen) atoms. The number of thioether (sulfide) groups is 1. The zero-order valence-corrected chi connectivity index (χ0v) is 10.4. The molecule has 0 saturated carbocycles. The summed E-state index contributed by atoms with van der Waals surface area (Å²) >= 11 is 0.462. The summed E-state index contributed by atoms with van der Waals surface area (Å²) in [5.41, 5.74) is 0. The molecule has 0 atom stereocenters. The molecule has 1 fully saturated rings. The Morgan fingerprint density at radius 2 is 2.28 bits per heavy atom. The Hall–Kier alpha value is -1.08. The molecule has 7 heteroatoms. The number of alkyl halides is 2. The number of nitrogens with zero attached hydrogens (tertiary/aromatic N) is 1. The van der Waals surface area contributed by atoms with Gasteiger partial charge in [-0.2, -0.15) is 8.78 Å². The smallest absolute Gasteiger partial charge is 0.313 e. The molecule has 1 amide bonds. The summed E-state index contributed by atoms with van der Waals surface area (Å²) in [5.74, 6) is -2.27. The lowest BCUT2D eigenvalue weighted by molar-refractivity contribution is -0.145. The van der Waals surface area contributed by atoms with Crippen LogP contribution in [0, 0.1) is 0 Å². The number of hydroxylamine groups is 2. The third kappa shape index (κ3) is 3.46. The van der Waals surface area contributed by atoms with E-state index in [2.05, 4.69) is 0 Å². The van der Waals surface area contributed by atoms with Crippen LogP contribution in [0.15, 0.2) is 16.5 Å². The standard InChI is InChI=1S/C11H13F2NO3S/c12-11(13)18-7-8-3-4-9(17-8)10(15)14-5-1-2-6-16-14/h3-4,11H,1-2,5-7H2. The molecule has 0 spiro atoms. The molecule has 1 aromatic rings. The highest BCUT2D eigenvalue weighted by Crippen LogP contribution is 2.22. The minimum Gasteiger partial charge on any atom is -0.455 e. The molecule has 1 saturated heterocycles. The highest BCUT2D eigenvalue weighted by molar-refractivity contribution is 7.98. The maximum atomic E-state index is 12.0. The zero-order chi connectivity index (χ0) is 13.0. The van der Waals surface area contributed by atoms with Crippen molar-refractivity contribution in [1.82, 2.24) is 5.06 Å². The third-order valence-corrected chi connectivity index (χ3v) is 3.16. The van der Waals surface area contributed by atoms with Gasteiger partial charge in [0.1, 0.15) is 5.76 Å². The van der Waals surface area contributed by atoms with Gasteiger partial charge < -0.3 is 4.42 Å². The fraction of sp³-hybridized carbons (Fsp3) is 0.545. The average molecular weight is 277 g/mol. The normalized spacial score (nSPS) is 16.3. The van der Waals surface area contributed by atoms with Crippen LogP contribution in [0.4, 0.5) is 8.78 Å². The minimum absolute atomic E-state index is 0.0474. The van der Waals surface area contributed by atoms with Gasteiger partial charge in [-0.25, -0.2) is 5.06 Å². The average Bonchev–Trinajstić information content (AvgIpc) is 2.85. The SMILES string of the molecule is O=C(c1ccc(CSC(F)F)o1)N1CCCCO1. The van der Waals surface area contributed by atoms with Crippen molar-refractivity contribution < 1.29 is 22.8 Å². The van der Waals surface area contributed by atoms with E-state index < -0.39 is 5.76 Å². The summed E-state index contributed by atoms with van der Waals surface area (Å²) < 4.78 is 29.2. The first-order chi connectivity index (χ1) is 8.66. The predicted octanol–water partition coefficient (Wildman–Crippen LogP) is 2.90. The van der Waals surface area contributed by atoms with Gasteiger partial charge in [0.05, 0.1) is 12.4 Å². The van der Waals surface area contributed by atoms with E-state index in [-0.39, 0.29) is 17.4 Å². The largest absolute Gasteiger partial charge is 0.455 e. The van der Waals surface area contributed by atoms with Gasteiger partial charge in [-0.1, -0.05) is 11.8 Å². The molecule has 0 radical (unpaired) electrons. The summed E-state index contributed by atoms with van der Waals surface area (Å²) in [6.07, 6.45) is 1.82. The molecule has 2 heterocycles. The van der Waals surface area contributed by atoms with Crippen molar-refractivity contribution in [3.05, 3.63) is 23.7 Å². The van der Waals surface area contributed by atoms with Crippen molar-refractivity contribution in [2.45, 2.75) is 24.4 Å². The van der Waals surface area contributed by atoms with Crippen molar-refractivity contribution >= 4 is 17.7 Å². The molecule has 0 bridgehead atoms. The van der Waals surface area contributed by atoms with E-state index in [1.165, 1.54) is 17.2 Å². The van der Waals surface area contributed by atoms with Crippen LogP contribution in [0.5, 0.6) is 0 Å². The summed E-state index contributed by atoms with van der Waals surface area (Å²) in [5, 5.41) is 1.26. The zero-order valence-electron chi connectivity index (χ0n) is 9.60. The van der Waals surface area contributed by atoms with E-state index in [0.717, 1.165) is 12.8 Å². The number of halogens is 2. The lowest BCUT2D eigenvalue weighted by Crippen LogP contribution is -2.35. The van der Waals surface area contributed by atoms with Gasteiger partial charge >= 0.3 is 5.91 Å². The van der Waals surface area contributed by atoms with Crippen LogP contribution in [-0.2, 0) is 10.6 Å². The molecule has 1 aromatic heterocycles. The van der Waals surface area contributed by atoms with Crippen LogP contribution in [0.3, 0.4) is 0 Å². The molecule has 1 aliphatic rings. The Morgan fingerprint density at radius 3 is 2.94 bits per heavy atom. The number of amides is 1. The number of hydrogen-bond acceptors (Lipinski definition) is 4.